The molecule has 0 fully saturated rings. The minimum Gasteiger partial charge on any atom is -0.486 e. The molecule has 20 heavy (non-hydrogen) atoms. The number of aryl methyl sites for hydroxylation is 2. The van der Waals surface area contributed by atoms with Gasteiger partial charge in [-0.3, -0.25) is 4.79 Å². The van der Waals surface area contributed by atoms with E-state index in [2.05, 4.69) is 0 Å². The van der Waals surface area contributed by atoms with Gasteiger partial charge in [0.25, 0.3) is 0 Å². The van der Waals surface area contributed by atoms with Crippen molar-refractivity contribution in [2.75, 3.05) is 6.61 Å². The number of hydrogen-bond acceptors (Lipinski definition) is 2. The van der Waals surface area contributed by atoms with Gasteiger partial charge in [-0.25, -0.2) is 4.39 Å². The van der Waals surface area contributed by atoms with E-state index in [9.17, 15) is 9.18 Å². The lowest BCUT2D eigenvalue weighted by molar-refractivity contribution is -0.120. The highest BCUT2D eigenvalue weighted by Crippen LogP contribution is 2.16. The number of benzene rings is 2. The van der Waals surface area contributed by atoms with Gasteiger partial charge < -0.3 is 4.74 Å². The van der Waals surface area contributed by atoms with Gasteiger partial charge >= 0.3 is 0 Å². The largest absolute Gasteiger partial charge is 0.486 e. The van der Waals surface area contributed by atoms with E-state index in [1.165, 1.54) is 6.07 Å². The second-order valence-corrected chi connectivity index (χ2v) is 4.92. The number of rotatable bonds is 5. The van der Waals surface area contributed by atoms with Gasteiger partial charge in [0.1, 0.15) is 18.2 Å². The van der Waals surface area contributed by atoms with Gasteiger partial charge in [-0.05, 0) is 48.7 Å². The lowest BCUT2D eigenvalue weighted by Gasteiger charge is -2.08. The third-order valence-corrected chi connectivity index (χ3v) is 2.94. The second-order valence-electron chi connectivity index (χ2n) is 4.92. The van der Waals surface area contributed by atoms with Gasteiger partial charge in [-0.1, -0.05) is 24.3 Å². The standard InChI is InChI=1S/C17H17FO2/c1-12-7-13(2)9-16(8-12)20-11-15(19)10-14-5-3-4-6-17(14)18/h3-9H,10-11H2,1-2H3. The van der Waals surface area contributed by atoms with E-state index < -0.39 is 0 Å². The van der Waals surface area contributed by atoms with Crippen LogP contribution < -0.4 is 4.74 Å². The SMILES string of the molecule is Cc1cc(C)cc(OCC(=O)Cc2ccccc2F)c1. The Balaban J connectivity index is 1.94. The molecule has 0 amide bonds. The molecule has 0 saturated heterocycles. The number of ether oxygens (including phenoxy) is 1. The highest BCUT2D eigenvalue weighted by atomic mass is 19.1. The van der Waals surface area contributed by atoms with Gasteiger partial charge in [0, 0.05) is 6.42 Å². The third-order valence-electron chi connectivity index (χ3n) is 2.94. The fourth-order valence-corrected chi connectivity index (χ4v) is 2.09. The third kappa shape index (κ3) is 3.92. The molecule has 0 aliphatic rings. The Morgan fingerprint density at radius 3 is 2.40 bits per heavy atom. The first-order valence-corrected chi connectivity index (χ1v) is 6.51. The molecule has 2 nitrogen and oxygen atoms in total. The van der Waals surface area contributed by atoms with Crippen molar-refractivity contribution in [1.29, 1.82) is 0 Å². The van der Waals surface area contributed by atoms with Gasteiger partial charge in [0.15, 0.2) is 5.78 Å². The minimum absolute atomic E-state index is 0.0444. The van der Waals surface area contributed by atoms with Crippen LogP contribution in [0, 0.1) is 19.7 Å². The molecule has 0 bridgehead atoms. The van der Waals surface area contributed by atoms with Crippen molar-refractivity contribution in [2.24, 2.45) is 0 Å². The maximum absolute atomic E-state index is 13.4. The summed E-state index contributed by atoms with van der Waals surface area (Å²) in [5.41, 5.74) is 2.57. The van der Waals surface area contributed by atoms with Crippen molar-refractivity contribution in [1.82, 2.24) is 0 Å². The number of carbonyl (C=O) groups is 1. The summed E-state index contributed by atoms with van der Waals surface area (Å²) in [5.74, 6) is 0.172. The monoisotopic (exact) mass is 272 g/mol. The normalized spacial score (nSPS) is 10.3. The fourth-order valence-electron chi connectivity index (χ4n) is 2.09. The number of hydrogen-bond donors (Lipinski definition) is 0. The van der Waals surface area contributed by atoms with E-state index in [0.717, 1.165) is 11.1 Å². The Labute approximate surface area is 118 Å². The predicted molar refractivity (Wildman–Crippen MR) is 76.5 cm³/mol. The molecule has 0 heterocycles. The van der Waals surface area contributed by atoms with Gasteiger partial charge in [0.05, 0.1) is 0 Å². The van der Waals surface area contributed by atoms with Crippen LogP contribution in [0.5, 0.6) is 5.75 Å². The first kappa shape index (κ1) is 14.3. The molecule has 0 aliphatic carbocycles. The summed E-state index contributed by atoms with van der Waals surface area (Å²) in [6.07, 6.45) is 0.0530. The van der Waals surface area contributed by atoms with Crippen LogP contribution >= 0.6 is 0 Å². The quantitative estimate of drug-likeness (QED) is 0.830. The molecular weight excluding hydrogens is 255 g/mol. The Morgan fingerprint density at radius 1 is 1.10 bits per heavy atom. The molecule has 0 radical (unpaired) electrons. The van der Waals surface area contributed by atoms with E-state index in [1.54, 1.807) is 18.2 Å². The lowest BCUT2D eigenvalue weighted by Crippen LogP contribution is -2.14. The first-order valence-electron chi connectivity index (χ1n) is 6.51. The molecule has 2 rings (SSSR count). The lowest BCUT2D eigenvalue weighted by atomic mass is 10.1. The van der Waals surface area contributed by atoms with Crippen LogP contribution in [0.2, 0.25) is 0 Å². The van der Waals surface area contributed by atoms with E-state index in [4.69, 9.17) is 4.74 Å². The van der Waals surface area contributed by atoms with Gasteiger partial charge in [-0.2, -0.15) is 0 Å². The molecule has 0 saturated carbocycles. The maximum atomic E-state index is 13.4. The van der Waals surface area contributed by atoms with E-state index in [0.29, 0.717) is 11.3 Å². The molecule has 0 N–H and O–H groups in total. The zero-order chi connectivity index (χ0) is 14.5. The molecule has 2 aromatic carbocycles. The zero-order valence-electron chi connectivity index (χ0n) is 11.7. The maximum Gasteiger partial charge on any atom is 0.174 e. The van der Waals surface area contributed by atoms with Gasteiger partial charge in [0.2, 0.25) is 0 Å². The second kappa shape index (κ2) is 6.33. The Kier molecular flexibility index (Phi) is 4.51. The average Bonchev–Trinajstić information content (AvgIpc) is 2.38. The smallest absolute Gasteiger partial charge is 0.174 e. The van der Waals surface area contributed by atoms with Crippen molar-refractivity contribution < 1.29 is 13.9 Å². The Bertz CT molecular complexity index is 600. The molecule has 3 heteroatoms. The van der Waals surface area contributed by atoms with Crippen molar-refractivity contribution >= 4 is 5.78 Å². The molecule has 2 aromatic rings. The fraction of sp³-hybridized carbons (Fsp3) is 0.235. The minimum atomic E-state index is -0.354. The summed E-state index contributed by atoms with van der Waals surface area (Å²) in [5, 5.41) is 0. The number of carbonyl (C=O) groups excluding carboxylic acids is 1. The summed E-state index contributed by atoms with van der Waals surface area (Å²) in [6.45, 7) is 3.90. The summed E-state index contributed by atoms with van der Waals surface area (Å²) in [6, 6.07) is 12.1. The summed E-state index contributed by atoms with van der Waals surface area (Å²) >= 11 is 0. The van der Waals surface area contributed by atoms with Crippen LogP contribution in [0.15, 0.2) is 42.5 Å². The highest BCUT2D eigenvalue weighted by molar-refractivity contribution is 5.82. The van der Waals surface area contributed by atoms with Crippen LogP contribution in [-0.4, -0.2) is 12.4 Å². The summed E-state index contributed by atoms with van der Waals surface area (Å²) in [4.78, 5) is 11.8. The van der Waals surface area contributed by atoms with Crippen LogP contribution in [-0.2, 0) is 11.2 Å². The van der Waals surface area contributed by atoms with Crippen molar-refractivity contribution in [3.8, 4) is 5.75 Å². The highest BCUT2D eigenvalue weighted by Gasteiger charge is 2.08. The van der Waals surface area contributed by atoms with Crippen LogP contribution in [0.25, 0.3) is 0 Å². The average molecular weight is 272 g/mol. The molecule has 0 atom stereocenters. The first-order chi connectivity index (χ1) is 9.54. The molecule has 0 aromatic heterocycles. The number of halogens is 1. The molecular formula is C17H17FO2. The molecule has 0 spiro atoms. The van der Waals surface area contributed by atoms with Crippen LogP contribution in [0.3, 0.4) is 0 Å². The van der Waals surface area contributed by atoms with Crippen LogP contribution in [0.1, 0.15) is 16.7 Å². The zero-order valence-corrected chi connectivity index (χ0v) is 11.7. The van der Waals surface area contributed by atoms with E-state index in [-0.39, 0.29) is 24.6 Å². The molecule has 104 valence electrons. The molecule has 0 aliphatic heterocycles. The topological polar surface area (TPSA) is 26.3 Å². The van der Waals surface area contributed by atoms with Crippen LogP contribution in [0.4, 0.5) is 4.39 Å². The van der Waals surface area contributed by atoms with Crippen molar-refractivity contribution in [3.63, 3.8) is 0 Å². The van der Waals surface area contributed by atoms with Gasteiger partial charge in [-0.15, -0.1) is 0 Å². The predicted octanol–water partition coefficient (Wildman–Crippen LogP) is 3.63. The summed E-state index contributed by atoms with van der Waals surface area (Å²) < 4.78 is 18.9. The molecule has 0 unspecified atom stereocenters. The van der Waals surface area contributed by atoms with Crippen molar-refractivity contribution in [2.45, 2.75) is 20.3 Å². The number of ketones is 1. The van der Waals surface area contributed by atoms with E-state index >= 15 is 0 Å². The van der Waals surface area contributed by atoms with E-state index in [1.807, 2.05) is 32.0 Å². The van der Waals surface area contributed by atoms with Crippen molar-refractivity contribution in [3.05, 3.63) is 65.0 Å². The summed E-state index contributed by atoms with van der Waals surface area (Å²) in [7, 11) is 0. The Hall–Kier alpha value is -2.16. The Morgan fingerprint density at radius 2 is 1.75 bits per heavy atom. The number of Topliss-reactive ketones (excluding diaryl/α,β-unsaturated/α-hetero) is 1.